The first kappa shape index (κ1) is 17.4. The lowest BCUT2D eigenvalue weighted by molar-refractivity contribution is 0.217. The Hall–Kier alpha value is -2.38. The molecule has 1 atom stereocenters. The molecule has 2 aromatic heterocycles. The normalized spacial score (nSPS) is 12.4. The fraction of sp³-hybridized carbons (Fsp3) is 0.333. The summed E-state index contributed by atoms with van der Waals surface area (Å²) in [5, 5.41) is 10.3. The van der Waals surface area contributed by atoms with Crippen LogP contribution in [0.2, 0.25) is 0 Å². The van der Waals surface area contributed by atoms with Crippen LogP contribution in [-0.2, 0) is 6.54 Å². The molecule has 6 nitrogen and oxygen atoms in total. The fourth-order valence-electron chi connectivity index (χ4n) is 2.50. The molecule has 1 aromatic carbocycles. The number of aromatic nitrogens is 2. The molecule has 132 valence electrons. The second kappa shape index (κ2) is 7.67. The van der Waals surface area contributed by atoms with E-state index in [0.29, 0.717) is 11.8 Å². The predicted molar refractivity (Wildman–Crippen MR) is 97.0 cm³/mol. The number of ether oxygens (including phenoxy) is 2. The first-order chi connectivity index (χ1) is 12.1. The van der Waals surface area contributed by atoms with E-state index in [4.69, 9.17) is 13.9 Å². The van der Waals surface area contributed by atoms with Crippen LogP contribution in [0.4, 0.5) is 0 Å². The van der Waals surface area contributed by atoms with Gasteiger partial charge in [-0.2, -0.15) is 0 Å². The minimum Gasteiger partial charge on any atom is -0.493 e. The van der Waals surface area contributed by atoms with Gasteiger partial charge in [0.05, 0.1) is 25.1 Å². The van der Waals surface area contributed by atoms with Crippen LogP contribution in [0.1, 0.15) is 24.4 Å². The van der Waals surface area contributed by atoms with Gasteiger partial charge in [0.2, 0.25) is 5.89 Å². The maximum Gasteiger partial charge on any atom is 0.257 e. The van der Waals surface area contributed by atoms with E-state index in [1.54, 1.807) is 25.6 Å². The topological polar surface area (TPSA) is 60.6 Å². The third-order valence-corrected chi connectivity index (χ3v) is 4.93. The van der Waals surface area contributed by atoms with Crippen molar-refractivity contribution in [2.75, 3.05) is 21.3 Å². The van der Waals surface area contributed by atoms with Crippen molar-refractivity contribution in [3.05, 3.63) is 47.2 Å². The van der Waals surface area contributed by atoms with E-state index in [-0.39, 0.29) is 6.04 Å². The van der Waals surface area contributed by atoms with Gasteiger partial charge in [0.15, 0.2) is 11.5 Å². The zero-order valence-corrected chi connectivity index (χ0v) is 15.5. The maximum atomic E-state index is 5.83. The molecule has 0 saturated heterocycles. The molecule has 0 saturated carbocycles. The van der Waals surface area contributed by atoms with Crippen LogP contribution in [0.3, 0.4) is 0 Å². The summed E-state index contributed by atoms with van der Waals surface area (Å²) >= 11 is 1.58. The Morgan fingerprint density at radius 1 is 1.16 bits per heavy atom. The molecule has 0 amide bonds. The molecule has 0 radical (unpaired) electrons. The van der Waals surface area contributed by atoms with Crippen molar-refractivity contribution < 1.29 is 13.9 Å². The molecule has 0 fully saturated rings. The van der Waals surface area contributed by atoms with Crippen molar-refractivity contribution >= 4 is 11.3 Å². The molecule has 0 N–H and O–H groups in total. The second-order valence-electron chi connectivity index (χ2n) is 5.70. The smallest absolute Gasteiger partial charge is 0.257 e. The van der Waals surface area contributed by atoms with Crippen LogP contribution in [0, 0.1) is 0 Å². The average molecular weight is 359 g/mol. The Kier molecular flexibility index (Phi) is 5.35. The number of methoxy groups -OCH3 is 2. The molecule has 7 heteroatoms. The highest BCUT2D eigenvalue weighted by atomic mass is 32.1. The molecule has 25 heavy (non-hydrogen) atoms. The van der Waals surface area contributed by atoms with E-state index in [9.17, 15) is 0 Å². The van der Waals surface area contributed by atoms with Crippen molar-refractivity contribution in [2.45, 2.75) is 19.5 Å². The minimum atomic E-state index is -0.00527. The third-order valence-electron chi connectivity index (χ3n) is 4.07. The van der Waals surface area contributed by atoms with Gasteiger partial charge in [-0.1, -0.05) is 12.1 Å². The van der Waals surface area contributed by atoms with Crippen LogP contribution in [0.15, 0.2) is 40.1 Å². The number of thiophene rings is 1. The van der Waals surface area contributed by atoms with Gasteiger partial charge in [0.1, 0.15) is 0 Å². The molecule has 0 aliphatic rings. The van der Waals surface area contributed by atoms with Crippen LogP contribution >= 0.6 is 11.3 Å². The number of hydrogen-bond acceptors (Lipinski definition) is 7. The molecule has 0 aliphatic heterocycles. The summed E-state index contributed by atoms with van der Waals surface area (Å²) in [5.41, 5.74) is 1.12. The molecule has 3 rings (SSSR count). The standard InChI is InChI=1S/C18H21N3O3S/c1-12(17-19-20-18(24-17)16-6-5-9-25-16)21(2)11-13-7-8-14(22-3)15(10-13)23-4/h5-10,12H,11H2,1-4H3/t12-/m1/s1. The van der Waals surface area contributed by atoms with E-state index < -0.39 is 0 Å². The van der Waals surface area contributed by atoms with Gasteiger partial charge in [0, 0.05) is 6.54 Å². The van der Waals surface area contributed by atoms with Gasteiger partial charge >= 0.3 is 0 Å². The molecule has 0 unspecified atom stereocenters. The lowest BCUT2D eigenvalue weighted by atomic mass is 10.1. The molecule has 0 aliphatic carbocycles. The van der Waals surface area contributed by atoms with Gasteiger partial charge < -0.3 is 13.9 Å². The van der Waals surface area contributed by atoms with Crippen LogP contribution in [-0.4, -0.2) is 36.4 Å². The highest BCUT2D eigenvalue weighted by Crippen LogP contribution is 2.30. The first-order valence-electron chi connectivity index (χ1n) is 7.90. The molecule has 3 aromatic rings. The largest absolute Gasteiger partial charge is 0.493 e. The van der Waals surface area contributed by atoms with Crippen LogP contribution in [0.25, 0.3) is 10.8 Å². The van der Waals surface area contributed by atoms with Crippen LogP contribution < -0.4 is 9.47 Å². The van der Waals surface area contributed by atoms with E-state index in [0.717, 1.165) is 28.5 Å². The van der Waals surface area contributed by atoms with E-state index in [1.807, 2.05) is 49.7 Å². The molecule has 0 bridgehead atoms. The summed E-state index contributed by atoms with van der Waals surface area (Å²) in [4.78, 5) is 3.13. The second-order valence-corrected chi connectivity index (χ2v) is 6.65. The zero-order chi connectivity index (χ0) is 17.8. The van der Waals surface area contributed by atoms with Gasteiger partial charge in [-0.05, 0) is 43.1 Å². The summed E-state index contributed by atoms with van der Waals surface area (Å²) in [6.07, 6.45) is 0. The van der Waals surface area contributed by atoms with Gasteiger partial charge in [-0.3, -0.25) is 4.90 Å². The summed E-state index contributed by atoms with van der Waals surface area (Å²) < 4.78 is 16.5. The van der Waals surface area contributed by atoms with Gasteiger partial charge in [-0.15, -0.1) is 21.5 Å². The summed E-state index contributed by atoms with van der Waals surface area (Å²) in [6, 6.07) is 9.85. The van der Waals surface area contributed by atoms with E-state index in [1.165, 1.54) is 0 Å². The Balaban J connectivity index is 1.71. The van der Waals surface area contributed by atoms with E-state index in [2.05, 4.69) is 15.1 Å². The quantitative estimate of drug-likeness (QED) is 0.635. The summed E-state index contributed by atoms with van der Waals surface area (Å²) in [7, 11) is 5.29. The number of rotatable bonds is 7. The van der Waals surface area contributed by atoms with Crippen molar-refractivity contribution in [3.63, 3.8) is 0 Å². The Morgan fingerprint density at radius 2 is 1.96 bits per heavy atom. The van der Waals surface area contributed by atoms with Gasteiger partial charge in [0.25, 0.3) is 5.89 Å². The zero-order valence-electron chi connectivity index (χ0n) is 14.7. The molecule has 2 heterocycles. The third kappa shape index (κ3) is 3.83. The summed E-state index contributed by atoms with van der Waals surface area (Å²) in [6.45, 7) is 2.77. The SMILES string of the molecule is COc1ccc(CN(C)[C@H](C)c2nnc(-c3cccs3)o2)cc1OC. The van der Waals surface area contributed by atoms with E-state index >= 15 is 0 Å². The predicted octanol–water partition coefficient (Wildman–Crippen LogP) is 4.01. The van der Waals surface area contributed by atoms with Crippen molar-refractivity contribution in [1.82, 2.24) is 15.1 Å². The Morgan fingerprint density at radius 3 is 2.64 bits per heavy atom. The Bertz CT molecular complexity index is 817. The summed E-state index contributed by atoms with van der Waals surface area (Å²) in [5.74, 6) is 2.61. The Labute approximate surface area is 151 Å². The minimum absolute atomic E-state index is 0.00527. The average Bonchev–Trinajstić information content (AvgIpc) is 3.32. The van der Waals surface area contributed by atoms with Crippen molar-refractivity contribution in [2.24, 2.45) is 0 Å². The highest BCUT2D eigenvalue weighted by molar-refractivity contribution is 7.13. The number of benzene rings is 1. The molecular formula is C18H21N3O3S. The van der Waals surface area contributed by atoms with Crippen molar-refractivity contribution in [1.29, 1.82) is 0 Å². The number of nitrogens with zero attached hydrogens (tertiary/aromatic N) is 3. The number of hydrogen-bond donors (Lipinski definition) is 0. The molecule has 0 spiro atoms. The van der Waals surface area contributed by atoms with Crippen molar-refractivity contribution in [3.8, 4) is 22.3 Å². The molecular weight excluding hydrogens is 338 g/mol. The first-order valence-corrected chi connectivity index (χ1v) is 8.78. The lowest BCUT2D eigenvalue weighted by Gasteiger charge is -2.22. The highest BCUT2D eigenvalue weighted by Gasteiger charge is 2.20. The maximum absolute atomic E-state index is 5.83. The van der Waals surface area contributed by atoms with Crippen LogP contribution in [0.5, 0.6) is 11.5 Å². The fourth-order valence-corrected chi connectivity index (χ4v) is 3.14. The lowest BCUT2D eigenvalue weighted by Crippen LogP contribution is -2.22. The van der Waals surface area contributed by atoms with Gasteiger partial charge in [-0.25, -0.2) is 0 Å². The monoisotopic (exact) mass is 359 g/mol.